The number of ether oxygens (including phenoxy) is 3. The number of rotatable bonds is 9. The average molecular weight is 617 g/mol. The maximum absolute atomic E-state index is 14.1. The molecule has 44 heavy (non-hydrogen) atoms. The highest BCUT2D eigenvalue weighted by atomic mass is 32.1. The maximum Gasteiger partial charge on any atom is 0.315 e. The lowest BCUT2D eigenvalue weighted by Gasteiger charge is -2.26. The Labute approximate surface area is 254 Å². The molecule has 13 heteroatoms. The highest BCUT2D eigenvalue weighted by molar-refractivity contribution is 7.07. The molecule has 0 aliphatic carbocycles. The topological polar surface area (TPSA) is 155 Å². The fraction of sp³-hybridized carbons (Fsp3) is 0.194. The van der Waals surface area contributed by atoms with Crippen molar-refractivity contribution in [2.24, 2.45) is 4.99 Å². The molecule has 1 aromatic heterocycles. The Morgan fingerprint density at radius 1 is 1.14 bits per heavy atom. The van der Waals surface area contributed by atoms with Gasteiger partial charge in [0.05, 0.1) is 41.6 Å². The van der Waals surface area contributed by atoms with Gasteiger partial charge in [0.15, 0.2) is 10.6 Å². The monoisotopic (exact) mass is 616 g/mol. The average Bonchev–Trinajstić information content (AvgIpc) is 3.31. The number of phenols is 1. The van der Waals surface area contributed by atoms with Crippen molar-refractivity contribution in [1.82, 2.24) is 4.57 Å². The Morgan fingerprint density at radius 3 is 2.55 bits per heavy atom. The third kappa shape index (κ3) is 5.64. The largest absolute Gasteiger partial charge is 0.500 e. The quantitative estimate of drug-likeness (QED) is 0.212. The molecule has 0 saturated heterocycles. The normalized spacial score (nSPS) is 14.5. The number of carbonyl (C=O) groups excluding carboxylic acids is 1. The number of allylic oxidation sites excluding steroid dienone is 1. The molecular weight excluding hydrogens is 588 g/mol. The summed E-state index contributed by atoms with van der Waals surface area (Å²) >= 11 is 1.06. The molecule has 5 rings (SSSR count). The number of thiazole rings is 1. The van der Waals surface area contributed by atoms with Gasteiger partial charge in [-0.1, -0.05) is 29.5 Å². The highest BCUT2D eigenvalue weighted by Crippen LogP contribution is 2.39. The van der Waals surface area contributed by atoms with Crippen molar-refractivity contribution in [2.75, 3.05) is 26.1 Å². The number of aromatic nitrogens is 1. The number of methoxy groups -OCH3 is 2. The fourth-order valence-corrected chi connectivity index (χ4v) is 5.97. The summed E-state index contributed by atoms with van der Waals surface area (Å²) in [7, 11) is 3.00. The lowest BCUT2D eigenvalue weighted by atomic mass is 9.94. The molecule has 1 amide bonds. The first-order chi connectivity index (χ1) is 21.2. The number of nitro groups is 1. The number of nitrogens with zero attached hydrogens (tertiary/aromatic N) is 3. The number of nitrogens with one attached hydrogen (secondary N) is 1. The van der Waals surface area contributed by atoms with Crippen LogP contribution in [-0.2, 0) is 4.79 Å². The van der Waals surface area contributed by atoms with Gasteiger partial charge >= 0.3 is 5.69 Å². The minimum Gasteiger partial charge on any atom is -0.500 e. The zero-order chi connectivity index (χ0) is 31.5. The van der Waals surface area contributed by atoms with Gasteiger partial charge in [-0.25, -0.2) is 4.99 Å². The highest BCUT2D eigenvalue weighted by Gasteiger charge is 2.34. The second-order valence-electron chi connectivity index (χ2n) is 9.59. The second-order valence-corrected chi connectivity index (χ2v) is 10.6. The van der Waals surface area contributed by atoms with Gasteiger partial charge in [0, 0.05) is 23.4 Å². The number of fused-ring (bicyclic) bond motifs is 1. The van der Waals surface area contributed by atoms with Crippen molar-refractivity contribution in [3.8, 4) is 23.0 Å². The molecule has 0 radical (unpaired) electrons. The molecular formula is C31H28N4O8S. The molecule has 0 unspecified atom stereocenters. The van der Waals surface area contributed by atoms with E-state index in [0.29, 0.717) is 33.2 Å². The molecule has 1 aliphatic heterocycles. The summed E-state index contributed by atoms with van der Waals surface area (Å²) in [6, 6.07) is 15.6. The third-order valence-corrected chi connectivity index (χ3v) is 7.89. The predicted molar refractivity (Wildman–Crippen MR) is 164 cm³/mol. The van der Waals surface area contributed by atoms with Crippen LogP contribution in [0, 0.1) is 10.1 Å². The van der Waals surface area contributed by atoms with Crippen LogP contribution < -0.4 is 34.4 Å². The van der Waals surface area contributed by atoms with Crippen LogP contribution in [0.25, 0.3) is 6.08 Å². The molecule has 226 valence electrons. The number of amides is 1. The SMILES string of the molecule is CCOc1cc(/C=c2\sc3n(c2=O)[C@@H](c2ccc(OC)cc2OC)C(C(=O)Nc2ccccc2)=C(C)N=3)cc([N+](=O)[O-])c1O. The van der Waals surface area contributed by atoms with E-state index in [4.69, 9.17) is 14.2 Å². The molecule has 1 atom stereocenters. The number of anilines is 1. The first-order valence-electron chi connectivity index (χ1n) is 13.4. The van der Waals surface area contributed by atoms with Crippen LogP contribution in [0.5, 0.6) is 23.0 Å². The summed E-state index contributed by atoms with van der Waals surface area (Å²) < 4.78 is 18.0. The van der Waals surface area contributed by atoms with E-state index in [9.17, 15) is 24.8 Å². The standard InChI is InChI=1S/C31H28N4O8S/c1-5-43-24-14-18(13-22(28(24)36)35(39)40)15-25-30(38)34-27(21-12-11-20(41-3)16-23(21)42-4)26(17(2)32-31(34)44-25)29(37)33-19-9-7-6-8-10-19/h6-16,27,36H,5H2,1-4H3,(H,33,37)/b25-15-/t27-/m0/s1. The van der Waals surface area contributed by atoms with Gasteiger partial charge in [0.2, 0.25) is 5.75 Å². The Kier molecular flexibility index (Phi) is 8.49. The minimum absolute atomic E-state index is 0.0858. The fourth-order valence-electron chi connectivity index (χ4n) is 4.92. The summed E-state index contributed by atoms with van der Waals surface area (Å²) in [4.78, 5) is 43.8. The van der Waals surface area contributed by atoms with Crippen molar-refractivity contribution in [2.45, 2.75) is 19.9 Å². The molecule has 2 heterocycles. The summed E-state index contributed by atoms with van der Waals surface area (Å²) in [5.41, 5.74) is 0.930. The number of hydrogen-bond donors (Lipinski definition) is 2. The lowest BCUT2D eigenvalue weighted by molar-refractivity contribution is -0.386. The predicted octanol–water partition coefficient (Wildman–Crippen LogP) is 3.90. The van der Waals surface area contributed by atoms with E-state index < -0.39 is 33.9 Å². The Balaban J connectivity index is 1.73. The Hall–Kier alpha value is -5.43. The van der Waals surface area contributed by atoms with E-state index in [1.54, 1.807) is 56.3 Å². The zero-order valence-corrected chi connectivity index (χ0v) is 25.0. The van der Waals surface area contributed by atoms with Crippen molar-refractivity contribution in [3.05, 3.63) is 113 Å². The van der Waals surface area contributed by atoms with Crippen LogP contribution in [-0.4, -0.2) is 41.3 Å². The number of aromatic hydroxyl groups is 1. The third-order valence-electron chi connectivity index (χ3n) is 6.90. The van der Waals surface area contributed by atoms with Gasteiger partial charge in [-0.05, 0) is 55.8 Å². The number of phenolic OH excluding ortho intramolecular Hbond substituents is 1. The van der Waals surface area contributed by atoms with E-state index in [2.05, 4.69) is 10.3 Å². The first kappa shape index (κ1) is 30.0. The summed E-state index contributed by atoms with van der Waals surface area (Å²) in [5, 5.41) is 24.8. The summed E-state index contributed by atoms with van der Waals surface area (Å²) in [5.74, 6) is -0.235. The first-order valence-corrected chi connectivity index (χ1v) is 14.2. The van der Waals surface area contributed by atoms with Gasteiger partial charge < -0.3 is 24.6 Å². The van der Waals surface area contributed by atoms with Crippen molar-refractivity contribution >= 4 is 34.7 Å². The van der Waals surface area contributed by atoms with Crippen LogP contribution in [0.3, 0.4) is 0 Å². The number of nitro benzene ring substituents is 1. The molecule has 1 aliphatic rings. The van der Waals surface area contributed by atoms with Crippen LogP contribution >= 0.6 is 11.3 Å². The molecule has 0 fully saturated rings. The summed E-state index contributed by atoms with van der Waals surface area (Å²) in [6.45, 7) is 3.53. The van der Waals surface area contributed by atoms with Gasteiger partial charge in [-0.2, -0.15) is 0 Å². The van der Waals surface area contributed by atoms with Gasteiger partial charge in [0.25, 0.3) is 11.5 Å². The van der Waals surface area contributed by atoms with Crippen molar-refractivity contribution < 1.29 is 29.0 Å². The second kappa shape index (κ2) is 12.4. The van der Waals surface area contributed by atoms with E-state index >= 15 is 0 Å². The number of carbonyl (C=O) groups is 1. The van der Waals surface area contributed by atoms with E-state index in [-0.39, 0.29) is 28.0 Å². The van der Waals surface area contributed by atoms with E-state index in [1.807, 2.05) is 6.07 Å². The molecule has 3 aromatic carbocycles. The smallest absolute Gasteiger partial charge is 0.315 e. The van der Waals surface area contributed by atoms with E-state index in [0.717, 1.165) is 17.4 Å². The van der Waals surface area contributed by atoms with Crippen LogP contribution in [0.4, 0.5) is 11.4 Å². The lowest BCUT2D eigenvalue weighted by Crippen LogP contribution is -2.40. The van der Waals surface area contributed by atoms with Crippen molar-refractivity contribution in [3.63, 3.8) is 0 Å². The minimum atomic E-state index is -0.939. The Morgan fingerprint density at radius 2 is 1.89 bits per heavy atom. The van der Waals surface area contributed by atoms with Crippen LogP contribution in [0.1, 0.15) is 31.0 Å². The molecule has 0 saturated carbocycles. The molecule has 12 nitrogen and oxygen atoms in total. The molecule has 4 aromatic rings. The number of benzene rings is 3. The van der Waals surface area contributed by atoms with E-state index in [1.165, 1.54) is 30.9 Å². The van der Waals surface area contributed by atoms with Crippen LogP contribution in [0.2, 0.25) is 0 Å². The van der Waals surface area contributed by atoms with Gasteiger partial charge in [-0.3, -0.25) is 24.3 Å². The molecule has 0 spiro atoms. The molecule has 0 bridgehead atoms. The summed E-state index contributed by atoms with van der Waals surface area (Å²) in [6.07, 6.45) is 1.46. The van der Waals surface area contributed by atoms with Crippen molar-refractivity contribution in [1.29, 1.82) is 0 Å². The maximum atomic E-state index is 14.1. The van der Waals surface area contributed by atoms with Gasteiger partial charge in [0.1, 0.15) is 17.5 Å². The number of hydrogen-bond acceptors (Lipinski definition) is 10. The molecule has 2 N–H and O–H groups in total. The zero-order valence-electron chi connectivity index (χ0n) is 24.2. The van der Waals surface area contributed by atoms with Gasteiger partial charge in [-0.15, -0.1) is 0 Å². The Bertz CT molecular complexity index is 1980. The van der Waals surface area contributed by atoms with Crippen LogP contribution in [0.15, 0.2) is 81.7 Å². The number of para-hydroxylation sites is 1.